The van der Waals surface area contributed by atoms with Gasteiger partial charge in [0.15, 0.2) is 0 Å². The molecule has 8 heteroatoms. The van der Waals surface area contributed by atoms with Crippen molar-refractivity contribution < 1.29 is 24.3 Å². The first-order valence-corrected chi connectivity index (χ1v) is 9.69. The van der Waals surface area contributed by atoms with Crippen molar-refractivity contribution in [2.45, 2.75) is 18.9 Å². The number of hydrogen-bond donors (Lipinski definition) is 2. The number of nitrogens with zero attached hydrogens (tertiary/aromatic N) is 1. The second-order valence-corrected chi connectivity index (χ2v) is 7.54. The Morgan fingerprint density at radius 1 is 1.07 bits per heavy atom. The standard InChI is InChI=1S/C20H19BBrNO5/c1-23-11-19(24)27-21(28-20(25)12-23)13-5-7-14(8-6-13)26-18-10-9-15-16(18)3-2-4-17(15)22/h2-8,11-12,18,24-25H,9-10H2,1H3/b19-11-,20-12?/t18-/m1/s1. The van der Waals surface area contributed by atoms with Gasteiger partial charge in [0.05, 0.1) is 12.4 Å². The van der Waals surface area contributed by atoms with E-state index in [0.29, 0.717) is 5.46 Å². The molecule has 1 atom stereocenters. The smallest absolute Gasteiger partial charge is 0.494 e. The molecule has 2 aliphatic rings. The van der Waals surface area contributed by atoms with Gasteiger partial charge in [0.1, 0.15) is 11.9 Å². The molecule has 0 radical (unpaired) electrons. The number of hydrogen-bond acceptors (Lipinski definition) is 6. The maximum atomic E-state index is 9.84. The number of rotatable bonds is 3. The van der Waals surface area contributed by atoms with Crippen molar-refractivity contribution in [1.29, 1.82) is 0 Å². The Kier molecular flexibility index (Phi) is 5.13. The van der Waals surface area contributed by atoms with Crippen LogP contribution in [0.15, 0.2) is 71.2 Å². The summed E-state index contributed by atoms with van der Waals surface area (Å²) >= 11 is 3.60. The highest BCUT2D eigenvalue weighted by Crippen LogP contribution is 2.38. The number of aliphatic hydroxyl groups is 2. The molecule has 1 aliphatic carbocycles. The fraction of sp³-hybridized carbons (Fsp3) is 0.200. The van der Waals surface area contributed by atoms with E-state index in [9.17, 15) is 10.2 Å². The first-order chi connectivity index (χ1) is 13.5. The first kappa shape index (κ1) is 18.6. The largest absolute Gasteiger partial charge is 0.636 e. The van der Waals surface area contributed by atoms with Crippen LogP contribution in [0, 0.1) is 0 Å². The predicted molar refractivity (Wildman–Crippen MR) is 109 cm³/mol. The van der Waals surface area contributed by atoms with Crippen molar-refractivity contribution in [1.82, 2.24) is 4.90 Å². The van der Waals surface area contributed by atoms with Crippen LogP contribution in [0.5, 0.6) is 5.75 Å². The van der Waals surface area contributed by atoms with E-state index in [1.54, 1.807) is 19.2 Å². The molecule has 1 heterocycles. The van der Waals surface area contributed by atoms with Crippen molar-refractivity contribution in [3.8, 4) is 5.75 Å². The zero-order chi connectivity index (χ0) is 19.7. The minimum absolute atomic E-state index is 0.0155. The van der Waals surface area contributed by atoms with E-state index in [4.69, 9.17) is 14.0 Å². The number of aliphatic hydroxyl groups excluding tert-OH is 2. The highest BCUT2D eigenvalue weighted by Gasteiger charge is 2.30. The summed E-state index contributed by atoms with van der Waals surface area (Å²) in [5, 5.41) is 19.7. The Morgan fingerprint density at radius 2 is 1.75 bits per heavy atom. The van der Waals surface area contributed by atoms with Crippen molar-refractivity contribution in [3.05, 3.63) is 82.4 Å². The lowest BCUT2D eigenvalue weighted by atomic mass is 9.79. The van der Waals surface area contributed by atoms with Gasteiger partial charge in [-0.2, -0.15) is 0 Å². The lowest BCUT2D eigenvalue weighted by Gasteiger charge is -2.20. The molecule has 0 aromatic heterocycles. The van der Waals surface area contributed by atoms with E-state index in [-0.39, 0.29) is 18.0 Å². The molecule has 4 rings (SSSR count). The van der Waals surface area contributed by atoms with E-state index in [1.165, 1.54) is 28.4 Å². The molecular weight excluding hydrogens is 425 g/mol. The van der Waals surface area contributed by atoms with Gasteiger partial charge in [0.2, 0.25) is 0 Å². The third-order valence-electron chi connectivity index (χ3n) is 4.67. The van der Waals surface area contributed by atoms with Crippen LogP contribution in [-0.2, 0) is 15.7 Å². The van der Waals surface area contributed by atoms with Crippen LogP contribution in [0.25, 0.3) is 0 Å². The summed E-state index contributed by atoms with van der Waals surface area (Å²) in [4.78, 5) is 1.43. The maximum absolute atomic E-state index is 9.84. The van der Waals surface area contributed by atoms with Gasteiger partial charge in [-0.25, -0.2) is 0 Å². The van der Waals surface area contributed by atoms with Gasteiger partial charge < -0.3 is 29.2 Å². The Bertz CT molecular complexity index is 909. The molecule has 1 aliphatic heterocycles. The van der Waals surface area contributed by atoms with Crippen LogP contribution in [-0.4, -0.2) is 29.3 Å². The van der Waals surface area contributed by atoms with Crippen LogP contribution in [0.3, 0.4) is 0 Å². The molecule has 0 saturated heterocycles. The quantitative estimate of drug-likeness (QED) is 0.701. The van der Waals surface area contributed by atoms with E-state index < -0.39 is 7.12 Å². The molecule has 2 N–H and O–H groups in total. The average molecular weight is 444 g/mol. The van der Waals surface area contributed by atoms with Gasteiger partial charge in [0.25, 0.3) is 11.9 Å². The predicted octanol–water partition coefficient (Wildman–Crippen LogP) is 3.90. The monoisotopic (exact) mass is 443 g/mol. The van der Waals surface area contributed by atoms with Crippen LogP contribution in [0.2, 0.25) is 0 Å². The molecule has 2 aromatic rings. The van der Waals surface area contributed by atoms with Gasteiger partial charge in [-0.3, -0.25) is 0 Å². The number of fused-ring (bicyclic) bond motifs is 1. The zero-order valence-electron chi connectivity index (χ0n) is 15.2. The molecule has 0 unspecified atom stereocenters. The first-order valence-electron chi connectivity index (χ1n) is 8.90. The summed E-state index contributed by atoms with van der Waals surface area (Å²) < 4.78 is 18.0. The normalized spacial score (nSPS) is 20.7. The fourth-order valence-electron chi connectivity index (χ4n) is 3.39. The van der Waals surface area contributed by atoms with Crippen molar-refractivity contribution in [3.63, 3.8) is 0 Å². The molecule has 6 nitrogen and oxygen atoms in total. The molecule has 0 saturated carbocycles. The number of ether oxygens (including phenoxy) is 1. The molecule has 28 heavy (non-hydrogen) atoms. The van der Waals surface area contributed by atoms with Gasteiger partial charge >= 0.3 is 7.12 Å². The topological polar surface area (TPSA) is 71.4 Å². The molecular formula is C20H19BBrNO5. The lowest BCUT2D eigenvalue weighted by Crippen LogP contribution is -2.37. The summed E-state index contributed by atoms with van der Waals surface area (Å²) in [6, 6.07) is 13.4. The Hall–Kier alpha value is -2.74. The number of halogens is 1. The SMILES string of the molecule is CN1C=C(O)OB(c2ccc(O[C@@H]3CCc4c(Br)cccc43)cc2)O/C(O)=C\1. The Balaban J connectivity index is 1.49. The number of benzene rings is 2. The Morgan fingerprint density at radius 3 is 2.43 bits per heavy atom. The second kappa shape index (κ2) is 7.71. The molecule has 144 valence electrons. The lowest BCUT2D eigenvalue weighted by molar-refractivity contribution is 0.124. The van der Waals surface area contributed by atoms with Crippen LogP contribution < -0.4 is 10.2 Å². The van der Waals surface area contributed by atoms with E-state index in [1.807, 2.05) is 18.2 Å². The average Bonchev–Trinajstić information content (AvgIpc) is 3.05. The maximum Gasteiger partial charge on any atom is 0.636 e. The summed E-state index contributed by atoms with van der Waals surface area (Å²) in [7, 11) is 0.657. The minimum atomic E-state index is -0.974. The molecule has 0 fully saturated rings. The van der Waals surface area contributed by atoms with Gasteiger partial charge in [-0.05, 0) is 42.2 Å². The highest BCUT2D eigenvalue weighted by molar-refractivity contribution is 9.10. The third kappa shape index (κ3) is 3.92. The summed E-state index contributed by atoms with van der Waals surface area (Å²) in [6.07, 6.45) is 4.59. The van der Waals surface area contributed by atoms with Crippen LogP contribution in [0.4, 0.5) is 0 Å². The van der Waals surface area contributed by atoms with Gasteiger partial charge in [0, 0.05) is 17.0 Å². The minimum Gasteiger partial charge on any atom is -0.494 e. The molecule has 0 amide bonds. The zero-order valence-corrected chi connectivity index (χ0v) is 16.8. The van der Waals surface area contributed by atoms with E-state index >= 15 is 0 Å². The summed E-state index contributed by atoms with van der Waals surface area (Å²) in [6.45, 7) is 0. The fourth-order valence-corrected chi connectivity index (χ4v) is 3.97. The third-order valence-corrected chi connectivity index (χ3v) is 5.42. The van der Waals surface area contributed by atoms with E-state index in [0.717, 1.165) is 23.1 Å². The van der Waals surface area contributed by atoms with Crippen molar-refractivity contribution >= 4 is 28.5 Å². The van der Waals surface area contributed by atoms with Gasteiger partial charge in [-0.1, -0.05) is 40.2 Å². The van der Waals surface area contributed by atoms with Crippen molar-refractivity contribution in [2.24, 2.45) is 0 Å². The molecule has 2 aromatic carbocycles. The summed E-state index contributed by atoms with van der Waals surface area (Å²) in [5.41, 5.74) is 3.14. The molecule has 0 bridgehead atoms. The van der Waals surface area contributed by atoms with Gasteiger partial charge in [-0.15, -0.1) is 0 Å². The highest BCUT2D eigenvalue weighted by atomic mass is 79.9. The van der Waals surface area contributed by atoms with Crippen LogP contribution >= 0.6 is 15.9 Å². The Labute approximate surface area is 171 Å². The second-order valence-electron chi connectivity index (χ2n) is 6.69. The summed E-state index contributed by atoms with van der Waals surface area (Å²) in [5.74, 6) is 0.0983. The van der Waals surface area contributed by atoms with E-state index in [2.05, 4.69) is 28.1 Å². The van der Waals surface area contributed by atoms with Crippen LogP contribution in [0.1, 0.15) is 23.7 Å². The van der Waals surface area contributed by atoms with Crippen molar-refractivity contribution in [2.75, 3.05) is 7.05 Å². The molecule has 0 spiro atoms.